The molecule has 3 rings (SSSR count). The lowest BCUT2D eigenvalue weighted by Gasteiger charge is -2.49. The summed E-state index contributed by atoms with van der Waals surface area (Å²) in [7, 11) is 0. The second-order valence-electron chi connectivity index (χ2n) is 6.54. The Kier molecular flexibility index (Phi) is 3.30. The molecule has 0 saturated heterocycles. The van der Waals surface area contributed by atoms with Crippen molar-refractivity contribution in [2.75, 3.05) is 0 Å². The van der Waals surface area contributed by atoms with Crippen molar-refractivity contribution in [2.45, 2.75) is 51.4 Å². The molecule has 1 aliphatic heterocycles. The number of nitrogens with one attached hydrogen (secondary N) is 2. The third-order valence-electron chi connectivity index (χ3n) is 4.93. The van der Waals surface area contributed by atoms with Gasteiger partial charge in [-0.3, -0.25) is 4.79 Å². The maximum atomic E-state index is 12.4. The van der Waals surface area contributed by atoms with Crippen LogP contribution in [0.2, 0.25) is 0 Å². The Morgan fingerprint density at radius 2 is 2.05 bits per heavy atom. The Hall–Kier alpha value is -1.39. The molecule has 3 N–H and O–H groups in total. The van der Waals surface area contributed by atoms with Gasteiger partial charge in [0.1, 0.15) is 0 Å². The summed E-state index contributed by atoms with van der Waals surface area (Å²) < 4.78 is 0. The molecule has 1 aromatic carbocycles. The van der Waals surface area contributed by atoms with Crippen LogP contribution in [0.3, 0.4) is 0 Å². The van der Waals surface area contributed by atoms with E-state index in [2.05, 4.69) is 22.8 Å². The predicted molar refractivity (Wildman–Crippen MR) is 77.1 cm³/mol. The molecule has 0 radical (unpaired) electrons. The maximum absolute atomic E-state index is 12.4. The van der Waals surface area contributed by atoms with Crippen LogP contribution >= 0.6 is 0 Å². The van der Waals surface area contributed by atoms with Crippen LogP contribution in [-0.4, -0.2) is 29.2 Å². The first kappa shape index (κ1) is 13.6. The van der Waals surface area contributed by atoms with E-state index in [-0.39, 0.29) is 29.5 Å². The van der Waals surface area contributed by atoms with Crippen molar-refractivity contribution in [1.29, 1.82) is 0 Å². The highest BCUT2D eigenvalue weighted by Crippen LogP contribution is 2.40. The van der Waals surface area contributed by atoms with Gasteiger partial charge in [-0.15, -0.1) is 0 Å². The minimum atomic E-state index is -0.312. The van der Waals surface area contributed by atoms with Crippen molar-refractivity contribution in [2.24, 2.45) is 5.41 Å². The molecule has 1 heterocycles. The van der Waals surface area contributed by atoms with Crippen molar-refractivity contribution in [3.8, 4) is 0 Å². The molecule has 1 aromatic rings. The topological polar surface area (TPSA) is 61.4 Å². The Morgan fingerprint density at radius 3 is 2.70 bits per heavy atom. The van der Waals surface area contributed by atoms with Crippen molar-refractivity contribution < 1.29 is 9.90 Å². The summed E-state index contributed by atoms with van der Waals surface area (Å²) in [5, 5.41) is 16.1. The fraction of sp³-hybridized carbons (Fsp3) is 0.562. The van der Waals surface area contributed by atoms with Gasteiger partial charge in [0.2, 0.25) is 5.91 Å². The first-order chi connectivity index (χ1) is 9.48. The number of hydrogen-bond donors (Lipinski definition) is 3. The summed E-state index contributed by atoms with van der Waals surface area (Å²) in [6.45, 7) is 4.73. The lowest BCUT2D eigenvalue weighted by molar-refractivity contribution is -0.131. The van der Waals surface area contributed by atoms with E-state index in [1.807, 2.05) is 26.0 Å². The molecule has 1 aliphatic carbocycles. The van der Waals surface area contributed by atoms with E-state index in [0.29, 0.717) is 6.42 Å². The number of fused-ring (bicyclic) bond motifs is 1. The van der Waals surface area contributed by atoms with Gasteiger partial charge in [0, 0.05) is 18.0 Å². The molecule has 20 heavy (non-hydrogen) atoms. The average molecular weight is 274 g/mol. The van der Waals surface area contributed by atoms with E-state index in [4.69, 9.17) is 0 Å². The molecule has 1 saturated carbocycles. The van der Waals surface area contributed by atoms with Gasteiger partial charge in [0.25, 0.3) is 0 Å². The lowest BCUT2D eigenvalue weighted by Crippen LogP contribution is -2.63. The van der Waals surface area contributed by atoms with Crippen LogP contribution in [0.5, 0.6) is 0 Å². The summed E-state index contributed by atoms with van der Waals surface area (Å²) >= 11 is 0. The number of amides is 1. The summed E-state index contributed by atoms with van der Waals surface area (Å²) in [6.07, 6.45) is 1.08. The van der Waals surface area contributed by atoms with Crippen LogP contribution in [0.1, 0.15) is 31.4 Å². The third kappa shape index (κ3) is 2.23. The van der Waals surface area contributed by atoms with Crippen LogP contribution in [0.25, 0.3) is 0 Å². The van der Waals surface area contributed by atoms with Gasteiger partial charge in [-0.25, -0.2) is 0 Å². The molecule has 4 heteroatoms. The highest BCUT2D eigenvalue weighted by molar-refractivity contribution is 5.83. The molecular weight excluding hydrogens is 252 g/mol. The molecule has 1 amide bonds. The monoisotopic (exact) mass is 274 g/mol. The van der Waals surface area contributed by atoms with Crippen LogP contribution in [0.4, 0.5) is 0 Å². The number of aliphatic hydroxyl groups is 1. The van der Waals surface area contributed by atoms with Crippen molar-refractivity contribution >= 4 is 5.91 Å². The number of rotatable bonds is 2. The van der Waals surface area contributed by atoms with E-state index in [0.717, 1.165) is 13.0 Å². The van der Waals surface area contributed by atoms with Gasteiger partial charge in [0.05, 0.1) is 12.1 Å². The Morgan fingerprint density at radius 1 is 1.35 bits per heavy atom. The van der Waals surface area contributed by atoms with E-state index < -0.39 is 0 Å². The SMILES string of the molecule is CC1(C)C(O)CC1NC(=O)[C@H]1Cc2ccccc2CN1. The van der Waals surface area contributed by atoms with Gasteiger partial charge >= 0.3 is 0 Å². The third-order valence-corrected chi connectivity index (χ3v) is 4.93. The predicted octanol–water partition coefficient (Wildman–Crippen LogP) is 0.976. The van der Waals surface area contributed by atoms with Crippen molar-refractivity contribution in [3.63, 3.8) is 0 Å². The number of carbonyl (C=O) groups excluding carboxylic acids is 1. The number of benzene rings is 1. The normalized spacial score (nSPS) is 31.1. The number of aliphatic hydroxyl groups excluding tert-OH is 1. The van der Waals surface area contributed by atoms with E-state index in [1.165, 1.54) is 11.1 Å². The van der Waals surface area contributed by atoms with Gasteiger partial charge < -0.3 is 15.7 Å². The van der Waals surface area contributed by atoms with Gasteiger partial charge in [-0.2, -0.15) is 0 Å². The van der Waals surface area contributed by atoms with Gasteiger partial charge in [-0.05, 0) is 24.0 Å². The first-order valence-electron chi connectivity index (χ1n) is 7.27. The molecule has 0 spiro atoms. The van der Waals surface area contributed by atoms with E-state index >= 15 is 0 Å². The summed E-state index contributed by atoms with van der Waals surface area (Å²) in [5.41, 5.74) is 2.30. The summed E-state index contributed by atoms with van der Waals surface area (Å²) in [6, 6.07) is 8.14. The van der Waals surface area contributed by atoms with Crippen LogP contribution in [-0.2, 0) is 17.8 Å². The maximum Gasteiger partial charge on any atom is 0.237 e. The molecule has 1 fully saturated rings. The fourth-order valence-electron chi connectivity index (χ4n) is 3.06. The largest absolute Gasteiger partial charge is 0.392 e. The van der Waals surface area contributed by atoms with Crippen LogP contribution < -0.4 is 10.6 Å². The zero-order chi connectivity index (χ0) is 14.3. The standard InChI is InChI=1S/C16H22N2O2/c1-16(2)13(8-14(16)19)18-15(20)12-7-10-5-3-4-6-11(10)9-17-12/h3-6,12-14,17,19H,7-9H2,1-2H3,(H,18,20)/t12-,13?,14?/m1/s1. The quantitative estimate of drug-likeness (QED) is 0.753. The minimum absolute atomic E-state index is 0.0458. The highest BCUT2D eigenvalue weighted by Gasteiger charge is 2.48. The zero-order valence-electron chi connectivity index (χ0n) is 12.0. The minimum Gasteiger partial charge on any atom is -0.392 e. The van der Waals surface area contributed by atoms with Crippen LogP contribution in [0.15, 0.2) is 24.3 Å². The molecular formula is C16H22N2O2. The second kappa shape index (κ2) is 4.86. The first-order valence-corrected chi connectivity index (χ1v) is 7.27. The highest BCUT2D eigenvalue weighted by atomic mass is 16.3. The van der Waals surface area contributed by atoms with Gasteiger partial charge in [0.15, 0.2) is 0 Å². The van der Waals surface area contributed by atoms with Crippen LogP contribution in [0, 0.1) is 5.41 Å². The molecule has 2 unspecified atom stereocenters. The van der Waals surface area contributed by atoms with E-state index in [1.54, 1.807) is 0 Å². The number of hydrogen-bond acceptors (Lipinski definition) is 3. The van der Waals surface area contributed by atoms with Gasteiger partial charge in [-0.1, -0.05) is 38.1 Å². The van der Waals surface area contributed by atoms with E-state index in [9.17, 15) is 9.90 Å². The zero-order valence-corrected chi connectivity index (χ0v) is 12.0. The molecule has 3 atom stereocenters. The Bertz CT molecular complexity index is 527. The molecule has 4 nitrogen and oxygen atoms in total. The average Bonchev–Trinajstić information content (AvgIpc) is 2.46. The number of carbonyl (C=O) groups is 1. The summed E-state index contributed by atoms with van der Waals surface area (Å²) in [4.78, 5) is 12.4. The fourth-order valence-corrected chi connectivity index (χ4v) is 3.06. The smallest absolute Gasteiger partial charge is 0.237 e. The molecule has 2 aliphatic rings. The Labute approximate surface area is 119 Å². The van der Waals surface area contributed by atoms with Crippen molar-refractivity contribution in [1.82, 2.24) is 10.6 Å². The Balaban J connectivity index is 1.63. The van der Waals surface area contributed by atoms with Crippen molar-refractivity contribution in [3.05, 3.63) is 35.4 Å². The molecule has 0 bridgehead atoms. The second-order valence-corrected chi connectivity index (χ2v) is 6.54. The summed E-state index contributed by atoms with van der Waals surface area (Å²) in [5.74, 6) is 0.0458. The molecule has 0 aromatic heterocycles. The lowest BCUT2D eigenvalue weighted by atomic mass is 9.64. The molecule has 108 valence electrons.